The number of esters is 1. The van der Waals surface area contributed by atoms with E-state index >= 15 is 0 Å². The highest BCUT2D eigenvalue weighted by Crippen LogP contribution is 2.52. The zero-order valence-electron chi connectivity index (χ0n) is 10.9. The monoisotopic (exact) mass is 248 g/mol. The van der Waals surface area contributed by atoms with Crippen molar-refractivity contribution in [3.05, 3.63) is 30.3 Å². The van der Waals surface area contributed by atoms with Crippen molar-refractivity contribution in [3.63, 3.8) is 0 Å². The first-order valence-corrected chi connectivity index (χ1v) is 6.42. The van der Waals surface area contributed by atoms with E-state index in [-0.39, 0.29) is 23.9 Å². The van der Waals surface area contributed by atoms with Crippen molar-refractivity contribution in [1.29, 1.82) is 0 Å². The van der Waals surface area contributed by atoms with Crippen LogP contribution in [0.1, 0.15) is 26.7 Å². The summed E-state index contributed by atoms with van der Waals surface area (Å²) >= 11 is 0. The van der Waals surface area contributed by atoms with Crippen LogP contribution in [0.3, 0.4) is 0 Å². The highest BCUT2D eigenvalue weighted by Gasteiger charge is 2.52. The number of rotatable bonds is 5. The molecule has 2 atom stereocenters. The van der Waals surface area contributed by atoms with E-state index in [0.29, 0.717) is 11.7 Å². The first-order valence-electron chi connectivity index (χ1n) is 6.42. The van der Waals surface area contributed by atoms with E-state index in [1.165, 1.54) is 0 Å². The summed E-state index contributed by atoms with van der Waals surface area (Å²) in [4.78, 5) is 12.0. The van der Waals surface area contributed by atoms with Gasteiger partial charge in [0.05, 0.1) is 5.92 Å². The molecule has 1 aromatic carbocycles. The fourth-order valence-electron chi connectivity index (χ4n) is 2.47. The van der Waals surface area contributed by atoms with Gasteiger partial charge in [0, 0.05) is 6.61 Å². The maximum absolute atomic E-state index is 12.0. The van der Waals surface area contributed by atoms with E-state index in [0.717, 1.165) is 12.8 Å². The molecule has 1 saturated carbocycles. The molecule has 3 nitrogen and oxygen atoms in total. The van der Waals surface area contributed by atoms with Gasteiger partial charge in [0.2, 0.25) is 0 Å². The Morgan fingerprint density at radius 1 is 1.39 bits per heavy atom. The van der Waals surface area contributed by atoms with Gasteiger partial charge in [0.25, 0.3) is 0 Å². The Morgan fingerprint density at radius 2 is 2.06 bits per heavy atom. The van der Waals surface area contributed by atoms with Gasteiger partial charge in [-0.3, -0.25) is 4.79 Å². The van der Waals surface area contributed by atoms with Crippen LogP contribution in [0.25, 0.3) is 0 Å². The summed E-state index contributed by atoms with van der Waals surface area (Å²) in [5.41, 5.74) is 0.00905. The molecule has 3 heteroatoms. The average Bonchev–Trinajstić information content (AvgIpc) is 3.10. The molecule has 1 aliphatic carbocycles. The number of aliphatic hydroxyl groups is 1. The molecule has 0 aliphatic heterocycles. The number of hydrogen-bond donors (Lipinski definition) is 1. The Hall–Kier alpha value is -1.35. The van der Waals surface area contributed by atoms with Gasteiger partial charge in [-0.15, -0.1) is 0 Å². The third-order valence-electron chi connectivity index (χ3n) is 3.81. The largest absolute Gasteiger partial charge is 0.426 e. The molecule has 1 fully saturated rings. The van der Waals surface area contributed by atoms with Crippen molar-refractivity contribution in [2.75, 3.05) is 6.61 Å². The van der Waals surface area contributed by atoms with E-state index < -0.39 is 0 Å². The van der Waals surface area contributed by atoms with E-state index in [2.05, 4.69) is 13.8 Å². The number of benzene rings is 1. The van der Waals surface area contributed by atoms with Crippen molar-refractivity contribution in [2.24, 2.45) is 17.3 Å². The molecule has 0 spiro atoms. The lowest BCUT2D eigenvalue weighted by molar-refractivity contribution is -0.136. The Morgan fingerprint density at radius 3 is 2.67 bits per heavy atom. The predicted octanol–water partition coefficient (Wildman–Crippen LogP) is 2.64. The van der Waals surface area contributed by atoms with E-state index in [9.17, 15) is 4.79 Å². The van der Waals surface area contributed by atoms with Gasteiger partial charge in [0.1, 0.15) is 5.75 Å². The van der Waals surface area contributed by atoms with Crippen molar-refractivity contribution in [2.45, 2.75) is 26.7 Å². The Labute approximate surface area is 108 Å². The molecule has 2 unspecified atom stereocenters. The predicted molar refractivity (Wildman–Crippen MR) is 69.2 cm³/mol. The van der Waals surface area contributed by atoms with Gasteiger partial charge in [-0.05, 0) is 36.3 Å². The molecule has 0 heterocycles. The van der Waals surface area contributed by atoms with Crippen molar-refractivity contribution < 1.29 is 14.6 Å². The molecule has 1 aromatic rings. The molecule has 2 rings (SSSR count). The first kappa shape index (κ1) is 13.1. The van der Waals surface area contributed by atoms with Crippen LogP contribution in [0.4, 0.5) is 0 Å². The molecule has 18 heavy (non-hydrogen) atoms. The third kappa shape index (κ3) is 2.91. The highest BCUT2D eigenvalue weighted by molar-refractivity contribution is 5.78. The number of carbonyl (C=O) groups is 1. The quantitative estimate of drug-likeness (QED) is 0.643. The number of aliphatic hydroxyl groups excluding tert-OH is 1. The van der Waals surface area contributed by atoms with E-state index in [1.807, 2.05) is 18.2 Å². The van der Waals surface area contributed by atoms with Crippen LogP contribution >= 0.6 is 0 Å². The summed E-state index contributed by atoms with van der Waals surface area (Å²) in [5, 5.41) is 9.02. The van der Waals surface area contributed by atoms with Crippen molar-refractivity contribution in [1.82, 2.24) is 0 Å². The Kier molecular flexibility index (Phi) is 3.71. The summed E-state index contributed by atoms with van der Waals surface area (Å²) in [6.07, 6.45) is 1.60. The summed E-state index contributed by atoms with van der Waals surface area (Å²) in [5.74, 6) is 0.790. The van der Waals surface area contributed by atoms with Crippen LogP contribution in [-0.2, 0) is 4.79 Å². The minimum Gasteiger partial charge on any atom is -0.426 e. The van der Waals surface area contributed by atoms with Gasteiger partial charge in [-0.25, -0.2) is 0 Å². The molecule has 1 N–H and O–H groups in total. The summed E-state index contributed by atoms with van der Waals surface area (Å²) in [7, 11) is 0. The second-order valence-electron chi connectivity index (χ2n) is 5.65. The van der Waals surface area contributed by atoms with Crippen LogP contribution < -0.4 is 4.74 Å². The third-order valence-corrected chi connectivity index (χ3v) is 3.81. The van der Waals surface area contributed by atoms with E-state index in [4.69, 9.17) is 9.84 Å². The maximum Gasteiger partial charge on any atom is 0.314 e. The van der Waals surface area contributed by atoms with Crippen LogP contribution in [0.5, 0.6) is 5.75 Å². The molecule has 0 saturated heterocycles. The minimum absolute atomic E-state index is 0.00763. The molecular formula is C15H20O3. The Bertz CT molecular complexity index is 411. The molecule has 0 amide bonds. The lowest BCUT2D eigenvalue weighted by Gasteiger charge is -2.23. The summed E-state index contributed by atoms with van der Waals surface area (Å²) < 4.78 is 5.34. The standard InChI is InChI=1S/C15H20O3/c1-15(2,8-9-16)13-10-12(13)14(17)18-11-6-4-3-5-7-11/h3-7,12-13,16H,8-10H2,1-2H3. The van der Waals surface area contributed by atoms with Gasteiger partial charge in [0.15, 0.2) is 0 Å². The lowest BCUT2D eigenvalue weighted by atomic mass is 9.83. The summed E-state index contributed by atoms with van der Waals surface area (Å²) in [6.45, 7) is 4.37. The van der Waals surface area contributed by atoms with Crippen molar-refractivity contribution in [3.8, 4) is 5.75 Å². The average molecular weight is 248 g/mol. The summed E-state index contributed by atoms with van der Waals surface area (Å²) in [6, 6.07) is 9.16. The minimum atomic E-state index is -0.141. The highest BCUT2D eigenvalue weighted by atomic mass is 16.5. The van der Waals surface area contributed by atoms with Gasteiger partial charge >= 0.3 is 5.97 Å². The molecule has 0 bridgehead atoms. The van der Waals surface area contributed by atoms with Crippen LogP contribution in [0.15, 0.2) is 30.3 Å². The topological polar surface area (TPSA) is 46.5 Å². The first-order chi connectivity index (χ1) is 8.54. The van der Waals surface area contributed by atoms with Crippen LogP contribution in [-0.4, -0.2) is 17.7 Å². The second-order valence-corrected chi connectivity index (χ2v) is 5.65. The van der Waals surface area contributed by atoms with Crippen LogP contribution in [0, 0.1) is 17.3 Å². The number of ether oxygens (including phenoxy) is 1. The second kappa shape index (κ2) is 5.11. The zero-order valence-corrected chi connectivity index (χ0v) is 10.9. The fraction of sp³-hybridized carbons (Fsp3) is 0.533. The molecule has 0 aromatic heterocycles. The molecule has 1 aliphatic rings. The maximum atomic E-state index is 12.0. The molecule has 98 valence electrons. The van der Waals surface area contributed by atoms with Crippen LogP contribution in [0.2, 0.25) is 0 Å². The zero-order chi connectivity index (χ0) is 13.2. The Balaban J connectivity index is 1.90. The SMILES string of the molecule is CC(C)(CCO)C1CC1C(=O)Oc1ccccc1. The van der Waals surface area contributed by atoms with Gasteiger partial charge < -0.3 is 9.84 Å². The smallest absolute Gasteiger partial charge is 0.314 e. The molecular weight excluding hydrogens is 228 g/mol. The van der Waals surface area contributed by atoms with Gasteiger partial charge in [-0.1, -0.05) is 32.0 Å². The number of carbonyl (C=O) groups excluding carboxylic acids is 1. The van der Waals surface area contributed by atoms with Gasteiger partial charge in [-0.2, -0.15) is 0 Å². The normalized spacial score (nSPS) is 22.6. The van der Waals surface area contributed by atoms with E-state index in [1.54, 1.807) is 12.1 Å². The fourth-order valence-corrected chi connectivity index (χ4v) is 2.47. The molecule has 0 radical (unpaired) electrons. The number of hydrogen-bond acceptors (Lipinski definition) is 3. The lowest BCUT2D eigenvalue weighted by Crippen LogP contribution is -2.21. The van der Waals surface area contributed by atoms with Crippen molar-refractivity contribution >= 4 is 5.97 Å². The number of para-hydroxylation sites is 1.